The van der Waals surface area contributed by atoms with E-state index in [9.17, 15) is 4.79 Å². The normalized spacial score (nSPS) is 15.2. The standard InChI is InChI=1S/C20H15ClN4O/c1-13-18(20(26)23-22-13)11-15-12-25(17-5-3-2-4-6-17)24-19(15)14-7-9-16(21)10-8-14/h2-12H,1H3,(H,23,26)/b18-11-. The molecule has 1 aliphatic heterocycles. The van der Waals surface area contributed by atoms with Crippen molar-refractivity contribution >= 4 is 29.3 Å². The third-order valence-electron chi connectivity index (χ3n) is 4.14. The van der Waals surface area contributed by atoms with E-state index in [-0.39, 0.29) is 5.91 Å². The van der Waals surface area contributed by atoms with Crippen LogP contribution in [0.1, 0.15) is 12.5 Å². The molecule has 0 aliphatic carbocycles. The SMILES string of the molecule is CC1=NNC(=O)/C1=C\c1cn(-c2ccccc2)nc1-c1ccc(Cl)cc1. The van der Waals surface area contributed by atoms with Crippen molar-refractivity contribution in [3.05, 3.63) is 77.0 Å². The number of amides is 1. The number of nitrogens with one attached hydrogen (secondary N) is 1. The highest BCUT2D eigenvalue weighted by atomic mass is 35.5. The van der Waals surface area contributed by atoms with E-state index in [1.807, 2.05) is 66.9 Å². The summed E-state index contributed by atoms with van der Waals surface area (Å²) in [4.78, 5) is 12.0. The first-order valence-corrected chi connectivity index (χ1v) is 8.47. The highest BCUT2D eigenvalue weighted by Gasteiger charge is 2.20. The van der Waals surface area contributed by atoms with Crippen molar-refractivity contribution in [1.82, 2.24) is 15.2 Å². The number of hydrogen-bond acceptors (Lipinski definition) is 3. The van der Waals surface area contributed by atoms with Crippen LogP contribution in [-0.2, 0) is 4.79 Å². The number of hydrogen-bond donors (Lipinski definition) is 1. The zero-order valence-corrected chi connectivity index (χ0v) is 14.7. The van der Waals surface area contributed by atoms with Crippen molar-refractivity contribution in [2.45, 2.75) is 6.92 Å². The molecule has 0 saturated heterocycles. The maximum atomic E-state index is 12.0. The fourth-order valence-corrected chi connectivity index (χ4v) is 2.91. The molecule has 0 unspecified atom stereocenters. The maximum absolute atomic E-state index is 12.0. The molecule has 3 aromatic rings. The summed E-state index contributed by atoms with van der Waals surface area (Å²) >= 11 is 6.01. The molecule has 2 aromatic carbocycles. The highest BCUT2D eigenvalue weighted by molar-refractivity contribution is 6.30. The van der Waals surface area contributed by atoms with Gasteiger partial charge in [0.2, 0.25) is 0 Å². The van der Waals surface area contributed by atoms with Crippen molar-refractivity contribution in [2.24, 2.45) is 5.10 Å². The second-order valence-electron chi connectivity index (χ2n) is 5.92. The van der Waals surface area contributed by atoms with Crippen LogP contribution in [0.25, 0.3) is 23.0 Å². The third kappa shape index (κ3) is 3.05. The average Bonchev–Trinajstić information content (AvgIpc) is 3.22. The molecule has 0 radical (unpaired) electrons. The molecule has 0 atom stereocenters. The minimum absolute atomic E-state index is 0.211. The summed E-state index contributed by atoms with van der Waals surface area (Å²) in [6.07, 6.45) is 3.72. The minimum atomic E-state index is -0.211. The van der Waals surface area contributed by atoms with Gasteiger partial charge in [0.05, 0.1) is 22.7 Å². The van der Waals surface area contributed by atoms with Gasteiger partial charge in [0.15, 0.2) is 0 Å². The Kier molecular flexibility index (Phi) is 4.14. The Bertz CT molecular complexity index is 1030. The van der Waals surface area contributed by atoms with E-state index < -0.39 is 0 Å². The van der Waals surface area contributed by atoms with Gasteiger partial charge in [-0.3, -0.25) is 4.79 Å². The summed E-state index contributed by atoms with van der Waals surface area (Å²) in [5.41, 5.74) is 7.13. The molecular formula is C20H15ClN4O. The Morgan fingerprint density at radius 2 is 1.81 bits per heavy atom. The van der Waals surface area contributed by atoms with Gasteiger partial charge in [-0.05, 0) is 37.3 Å². The number of carbonyl (C=O) groups excluding carboxylic acids is 1. The van der Waals surface area contributed by atoms with Crippen LogP contribution < -0.4 is 5.43 Å². The summed E-state index contributed by atoms with van der Waals surface area (Å²) in [6, 6.07) is 17.3. The quantitative estimate of drug-likeness (QED) is 0.713. The predicted octanol–water partition coefficient (Wildman–Crippen LogP) is 4.08. The van der Waals surface area contributed by atoms with E-state index in [0.29, 0.717) is 16.3 Å². The lowest BCUT2D eigenvalue weighted by molar-refractivity contribution is -0.116. The average molecular weight is 363 g/mol. The molecule has 2 heterocycles. The van der Waals surface area contributed by atoms with Crippen LogP contribution in [0.5, 0.6) is 0 Å². The lowest BCUT2D eigenvalue weighted by Gasteiger charge is -2.01. The summed E-state index contributed by atoms with van der Waals surface area (Å²) in [6.45, 7) is 1.80. The van der Waals surface area contributed by atoms with Crippen LogP contribution in [-0.4, -0.2) is 21.4 Å². The lowest BCUT2D eigenvalue weighted by Crippen LogP contribution is -2.12. The minimum Gasteiger partial charge on any atom is -0.267 e. The van der Waals surface area contributed by atoms with Gasteiger partial charge >= 0.3 is 0 Å². The summed E-state index contributed by atoms with van der Waals surface area (Å²) in [7, 11) is 0. The van der Waals surface area contributed by atoms with E-state index in [0.717, 1.165) is 22.5 Å². The van der Waals surface area contributed by atoms with Crippen molar-refractivity contribution in [2.75, 3.05) is 0 Å². The molecular weight excluding hydrogens is 348 g/mol. The van der Waals surface area contributed by atoms with E-state index in [1.54, 1.807) is 11.6 Å². The molecule has 0 spiro atoms. The molecule has 1 amide bonds. The van der Waals surface area contributed by atoms with Gasteiger partial charge in [-0.1, -0.05) is 41.9 Å². The summed E-state index contributed by atoms with van der Waals surface area (Å²) < 4.78 is 1.80. The van der Waals surface area contributed by atoms with E-state index in [4.69, 9.17) is 16.7 Å². The Labute approximate surface area is 155 Å². The van der Waals surface area contributed by atoms with Crippen molar-refractivity contribution in [3.8, 4) is 16.9 Å². The molecule has 1 aromatic heterocycles. The van der Waals surface area contributed by atoms with Gasteiger partial charge in [0.1, 0.15) is 0 Å². The van der Waals surface area contributed by atoms with Gasteiger partial charge in [-0.15, -0.1) is 0 Å². The number of halogens is 1. The molecule has 26 heavy (non-hydrogen) atoms. The Morgan fingerprint density at radius 1 is 1.08 bits per heavy atom. The van der Waals surface area contributed by atoms with Crippen LogP contribution in [0.2, 0.25) is 5.02 Å². The maximum Gasteiger partial charge on any atom is 0.273 e. The van der Waals surface area contributed by atoms with Crippen LogP contribution in [0.3, 0.4) is 0 Å². The van der Waals surface area contributed by atoms with Crippen molar-refractivity contribution in [1.29, 1.82) is 0 Å². The lowest BCUT2D eigenvalue weighted by atomic mass is 10.0. The third-order valence-corrected chi connectivity index (χ3v) is 4.39. The topological polar surface area (TPSA) is 59.3 Å². The fourth-order valence-electron chi connectivity index (χ4n) is 2.78. The predicted molar refractivity (Wildman–Crippen MR) is 103 cm³/mol. The van der Waals surface area contributed by atoms with Crippen molar-refractivity contribution in [3.63, 3.8) is 0 Å². The van der Waals surface area contributed by atoms with Crippen molar-refractivity contribution < 1.29 is 4.79 Å². The molecule has 6 heteroatoms. The molecule has 4 rings (SSSR count). The second-order valence-corrected chi connectivity index (χ2v) is 6.35. The summed E-state index contributed by atoms with van der Waals surface area (Å²) in [5, 5.41) is 9.37. The zero-order chi connectivity index (χ0) is 18.1. The van der Waals surface area contributed by atoms with E-state index >= 15 is 0 Å². The Morgan fingerprint density at radius 3 is 2.46 bits per heavy atom. The highest BCUT2D eigenvalue weighted by Crippen LogP contribution is 2.27. The zero-order valence-electron chi connectivity index (χ0n) is 14.0. The number of para-hydroxylation sites is 1. The number of benzene rings is 2. The number of aromatic nitrogens is 2. The molecule has 0 fully saturated rings. The second kappa shape index (κ2) is 6.61. The molecule has 0 bridgehead atoms. The Hall–Kier alpha value is -3.18. The van der Waals surface area contributed by atoms with Crippen LogP contribution in [0, 0.1) is 0 Å². The van der Waals surface area contributed by atoms with Gasteiger partial charge in [-0.2, -0.15) is 10.2 Å². The van der Waals surface area contributed by atoms with E-state index in [1.165, 1.54) is 0 Å². The molecule has 5 nitrogen and oxygen atoms in total. The van der Waals surface area contributed by atoms with Gasteiger partial charge in [-0.25, -0.2) is 10.1 Å². The van der Waals surface area contributed by atoms with Crippen LogP contribution in [0.15, 0.2) is 71.5 Å². The molecule has 1 N–H and O–H groups in total. The van der Waals surface area contributed by atoms with Gasteiger partial charge < -0.3 is 0 Å². The molecule has 0 saturated carbocycles. The van der Waals surface area contributed by atoms with Gasteiger partial charge in [0, 0.05) is 22.3 Å². The van der Waals surface area contributed by atoms with Crippen LogP contribution >= 0.6 is 11.6 Å². The summed E-state index contributed by atoms with van der Waals surface area (Å²) in [5.74, 6) is -0.211. The number of hydrazone groups is 1. The van der Waals surface area contributed by atoms with E-state index in [2.05, 4.69) is 10.5 Å². The van der Waals surface area contributed by atoms with Crippen LogP contribution in [0.4, 0.5) is 0 Å². The number of rotatable bonds is 3. The molecule has 1 aliphatic rings. The monoisotopic (exact) mass is 362 g/mol. The smallest absolute Gasteiger partial charge is 0.267 e. The first kappa shape index (κ1) is 16.3. The Balaban J connectivity index is 1.87. The largest absolute Gasteiger partial charge is 0.273 e. The number of nitrogens with zero attached hydrogens (tertiary/aromatic N) is 3. The first-order chi connectivity index (χ1) is 12.6. The fraction of sp³-hybridized carbons (Fsp3) is 0.0500. The number of carbonyl (C=O) groups is 1. The molecule has 128 valence electrons. The van der Waals surface area contributed by atoms with Gasteiger partial charge in [0.25, 0.3) is 5.91 Å². The first-order valence-electron chi connectivity index (χ1n) is 8.09.